The minimum atomic E-state index is -1.11. The number of benzene rings is 2. The van der Waals surface area contributed by atoms with E-state index >= 15 is 0 Å². The fourth-order valence-electron chi connectivity index (χ4n) is 5.75. The number of ether oxygens (including phenoxy) is 2. The van der Waals surface area contributed by atoms with Crippen LogP contribution in [0.4, 0.5) is 10.2 Å². The molecule has 210 valence electrons. The predicted molar refractivity (Wildman–Crippen MR) is 149 cm³/mol. The van der Waals surface area contributed by atoms with Gasteiger partial charge in [0, 0.05) is 19.5 Å². The Morgan fingerprint density at radius 2 is 1.68 bits per heavy atom. The predicted octanol–water partition coefficient (Wildman–Crippen LogP) is 5.40. The van der Waals surface area contributed by atoms with E-state index in [4.69, 9.17) is 9.47 Å². The number of carboxylic acids is 1. The molecule has 2 aliphatic rings. The van der Waals surface area contributed by atoms with Crippen LogP contribution in [-0.4, -0.2) is 59.7 Å². The number of carboxylic acid groups (broad SMARTS) is 1. The summed E-state index contributed by atoms with van der Waals surface area (Å²) in [5.74, 6) is 0.395. The van der Waals surface area contributed by atoms with Crippen LogP contribution in [0.3, 0.4) is 0 Å². The lowest BCUT2D eigenvalue weighted by molar-refractivity contribution is -0.118. The summed E-state index contributed by atoms with van der Waals surface area (Å²) < 4.78 is 25.6. The second-order valence-electron chi connectivity index (χ2n) is 10.5. The van der Waals surface area contributed by atoms with Gasteiger partial charge in [-0.15, -0.1) is 0 Å². The molecule has 3 heterocycles. The number of aromatic carboxylic acids is 1. The number of rotatable bonds is 9. The Balaban J connectivity index is 1.30. The first-order chi connectivity index (χ1) is 19.3. The third kappa shape index (κ3) is 5.79. The van der Waals surface area contributed by atoms with Crippen molar-refractivity contribution < 1.29 is 28.6 Å². The number of hydrogen-bond donors (Lipinski definition) is 1. The van der Waals surface area contributed by atoms with Crippen molar-refractivity contribution in [3.63, 3.8) is 0 Å². The Hall–Kier alpha value is -3.98. The summed E-state index contributed by atoms with van der Waals surface area (Å²) in [5, 5.41) is 9.29. The third-order valence-corrected chi connectivity index (χ3v) is 7.73. The van der Waals surface area contributed by atoms with Crippen LogP contribution in [0.5, 0.6) is 11.5 Å². The summed E-state index contributed by atoms with van der Waals surface area (Å²) in [6.07, 6.45) is 2.16. The quantitative estimate of drug-likeness (QED) is 0.383. The van der Waals surface area contributed by atoms with E-state index in [2.05, 4.69) is 9.88 Å². The summed E-state index contributed by atoms with van der Waals surface area (Å²) >= 11 is 0. The second-order valence-corrected chi connectivity index (χ2v) is 10.5. The molecule has 1 spiro atoms. The molecule has 0 saturated carbocycles. The molecule has 1 amide bonds. The van der Waals surface area contributed by atoms with Gasteiger partial charge in [-0.2, -0.15) is 0 Å². The molecule has 0 aliphatic carbocycles. The Morgan fingerprint density at radius 3 is 2.27 bits per heavy atom. The summed E-state index contributed by atoms with van der Waals surface area (Å²) in [4.78, 5) is 32.5. The number of anilines is 1. The normalized spacial score (nSPS) is 16.9. The molecule has 8 nitrogen and oxygen atoms in total. The van der Waals surface area contributed by atoms with Crippen molar-refractivity contribution in [1.82, 2.24) is 9.88 Å². The van der Waals surface area contributed by atoms with Crippen molar-refractivity contribution in [1.29, 1.82) is 0 Å². The molecule has 2 fully saturated rings. The van der Waals surface area contributed by atoms with Gasteiger partial charge in [0.2, 0.25) is 5.91 Å². The molecule has 0 atom stereocenters. The van der Waals surface area contributed by atoms with E-state index < -0.39 is 5.97 Å². The Bertz CT molecular complexity index is 1360. The highest BCUT2D eigenvalue weighted by atomic mass is 19.1. The number of carbonyl (C=O) groups is 2. The van der Waals surface area contributed by atoms with E-state index in [1.165, 1.54) is 18.2 Å². The number of aromatic nitrogens is 1. The Morgan fingerprint density at radius 1 is 1.02 bits per heavy atom. The zero-order valence-corrected chi connectivity index (χ0v) is 22.9. The SMILES string of the molecule is CCOc1cc(CN2CCC3(CC2)CC(=O)N(c2cccc(C(=O)O)n2)C3)cc(OCC)c1-c1ccc(F)cc1. The van der Waals surface area contributed by atoms with E-state index in [0.717, 1.165) is 42.6 Å². The summed E-state index contributed by atoms with van der Waals surface area (Å²) in [5.41, 5.74) is 2.50. The minimum absolute atomic E-state index is 0.0115. The van der Waals surface area contributed by atoms with Crippen molar-refractivity contribution in [2.45, 2.75) is 39.7 Å². The van der Waals surface area contributed by atoms with Gasteiger partial charge >= 0.3 is 5.97 Å². The van der Waals surface area contributed by atoms with Crippen LogP contribution in [0.2, 0.25) is 0 Å². The molecule has 2 aliphatic heterocycles. The minimum Gasteiger partial charge on any atom is -0.493 e. The number of piperidine rings is 1. The van der Waals surface area contributed by atoms with Gasteiger partial charge in [-0.1, -0.05) is 18.2 Å². The van der Waals surface area contributed by atoms with Crippen LogP contribution in [0.15, 0.2) is 54.6 Å². The van der Waals surface area contributed by atoms with Gasteiger partial charge in [-0.3, -0.25) is 14.6 Å². The monoisotopic (exact) mass is 547 g/mol. The smallest absolute Gasteiger partial charge is 0.354 e. The number of amides is 1. The lowest BCUT2D eigenvalue weighted by Gasteiger charge is -2.38. The number of hydrogen-bond acceptors (Lipinski definition) is 6. The summed E-state index contributed by atoms with van der Waals surface area (Å²) in [6.45, 7) is 7.77. The first kappa shape index (κ1) is 27.6. The molecular weight excluding hydrogens is 513 g/mol. The van der Waals surface area contributed by atoms with Gasteiger partial charge in [0.25, 0.3) is 0 Å². The lowest BCUT2D eigenvalue weighted by atomic mass is 9.77. The van der Waals surface area contributed by atoms with Crippen LogP contribution >= 0.6 is 0 Å². The molecule has 2 aromatic carbocycles. The topological polar surface area (TPSA) is 92.2 Å². The lowest BCUT2D eigenvalue weighted by Crippen LogP contribution is -2.41. The van der Waals surface area contributed by atoms with Crippen LogP contribution in [-0.2, 0) is 11.3 Å². The number of pyridine rings is 1. The van der Waals surface area contributed by atoms with Gasteiger partial charge < -0.3 is 14.6 Å². The highest BCUT2D eigenvalue weighted by molar-refractivity contribution is 5.96. The van der Waals surface area contributed by atoms with E-state index in [9.17, 15) is 19.1 Å². The summed E-state index contributed by atoms with van der Waals surface area (Å²) in [7, 11) is 0. The third-order valence-electron chi connectivity index (χ3n) is 7.73. The van der Waals surface area contributed by atoms with Crippen molar-refractivity contribution in [2.75, 3.05) is 37.7 Å². The average Bonchev–Trinajstić information content (AvgIpc) is 3.27. The molecule has 0 unspecified atom stereocenters. The zero-order valence-electron chi connectivity index (χ0n) is 22.9. The number of carbonyl (C=O) groups excluding carboxylic acids is 1. The molecule has 0 bridgehead atoms. The van der Waals surface area contributed by atoms with Gasteiger partial charge in [-0.05, 0) is 92.7 Å². The van der Waals surface area contributed by atoms with Crippen molar-refractivity contribution in [3.8, 4) is 22.6 Å². The van der Waals surface area contributed by atoms with Gasteiger partial charge in [0.05, 0.1) is 18.8 Å². The van der Waals surface area contributed by atoms with Gasteiger partial charge in [0.1, 0.15) is 23.1 Å². The molecule has 9 heteroatoms. The first-order valence-corrected chi connectivity index (χ1v) is 13.7. The van der Waals surface area contributed by atoms with Crippen molar-refractivity contribution >= 4 is 17.7 Å². The molecule has 0 radical (unpaired) electrons. The maximum absolute atomic E-state index is 13.6. The second kappa shape index (κ2) is 11.6. The number of halogens is 1. The van der Waals surface area contributed by atoms with E-state index in [1.807, 2.05) is 26.0 Å². The maximum Gasteiger partial charge on any atom is 0.354 e. The fraction of sp³-hybridized carbons (Fsp3) is 0.387. The highest BCUT2D eigenvalue weighted by Gasteiger charge is 2.45. The zero-order chi connectivity index (χ0) is 28.3. The van der Waals surface area contributed by atoms with Gasteiger partial charge in [-0.25, -0.2) is 14.2 Å². The molecule has 1 aromatic heterocycles. The fourth-order valence-corrected chi connectivity index (χ4v) is 5.75. The molecular formula is C31H34FN3O5. The van der Waals surface area contributed by atoms with Crippen LogP contribution in [0.25, 0.3) is 11.1 Å². The van der Waals surface area contributed by atoms with Crippen LogP contribution in [0.1, 0.15) is 49.2 Å². The van der Waals surface area contributed by atoms with E-state index in [-0.39, 0.29) is 22.8 Å². The van der Waals surface area contributed by atoms with Gasteiger partial charge in [0.15, 0.2) is 5.69 Å². The molecule has 40 heavy (non-hydrogen) atoms. The van der Waals surface area contributed by atoms with E-state index in [1.54, 1.807) is 29.2 Å². The highest BCUT2D eigenvalue weighted by Crippen LogP contribution is 2.44. The number of likely N-dealkylation sites (tertiary alicyclic amines) is 1. The standard InChI is InChI=1S/C31H34FN3O5/c1-3-39-25-16-21(17-26(40-4-2)29(25)22-8-10-23(32)11-9-22)19-34-14-12-31(13-15-34)18-28(36)35(20-31)27-7-5-6-24(33-27)30(37)38/h5-11,16-17H,3-4,12-15,18-20H2,1-2H3,(H,37,38). The molecule has 2 saturated heterocycles. The first-order valence-electron chi connectivity index (χ1n) is 13.7. The van der Waals surface area contributed by atoms with Crippen LogP contribution < -0.4 is 14.4 Å². The molecule has 5 rings (SSSR count). The average molecular weight is 548 g/mol. The molecule has 3 aromatic rings. The Labute approximate surface area is 233 Å². The van der Waals surface area contributed by atoms with Crippen molar-refractivity contribution in [2.24, 2.45) is 5.41 Å². The van der Waals surface area contributed by atoms with E-state index in [0.29, 0.717) is 50.0 Å². The maximum atomic E-state index is 13.6. The Kier molecular flexibility index (Phi) is 8.02. The van der Waals surface area contributed by atoms with Crippen LogP contribution in [0, 0.1) is 11.2 Å². The number of nitrogens with zero attached hydrogens (tertiary/aromatic N) is 3. The molecule has 1 N–H and O–H groups in total. The van der Waals surface area contributed by atoms with Crippen molar-refractivity contribution in [3.05, 3.63) is 71.7 Å². The largest absolute Gasteiger partial charge is 0.493 e. The summed E-state index contributed by atoms with van der Waals surface area (Å²) in [6, 6.07) is 15.2.